The third kappa shape index (κ3) is 7.59. The molecule has 2 aromatic heterocycles. The normalized spacial score (nSPS) is 16.2. The number of methoxy groups -OCH3 is 1. The summed E-state index contributed by atoms with van der Waals surface area (Å²) in [5.74, 6) is -0.173. The van der Waals surface area contributed by atoms with Crippen LogP contribution < -0.4 is 10.1 Å². The highest BCUT2D eigenvalue weighted by molar-refractivity contribution is 7.89. The van der Waals surface area contributed by atoms with Crippen LogP contribution in [0.15, 0.2) is 118 Å². The molecular formula is C39H37N3O8S2. The second kappa shape index (κ2) is 15.3. The number of aromatic nitrogens is 1. The number of aliphatic hydroxyl groups is 1. The summed E-state index contributed by atoms with van der Waals surface area (Å²) in [5, 5.41) is 14.4. The van der Waals surface area contributed by atoms with Gasteiger partial charge in [-0.25, -0.2) is 13.4 Å². The van der Waals surface area contributed by atoms with Gasteiger partial charge >= 0.3 is 0 Å². The molecule has 268 valence electrons. The van der Waals surface area contributed by atoms with Gasteiger partial charge in [-0.2, -0.15) is 4.31 Å². The maximum absolute atomic E-state index is 13.7. The Labute approximate surface area is 305 Å². The maximum atomic E-state index is 13.7. The van der Waals surface area contributed by atoms with Gasteiger partial charge in [-0.15, -0.1) is 11.3 Å². The molecule has 1 amide bonds. The molecule has 11 nitrogen and oxygen atoms in total. The molecule has 0 saturated heterocycles. The van der Waals surface area contributed by atoms with Crippen LogP contribution in [0.1, 0.15) is 23.5 Å². The minimum Gasteiger partial charge on any atom is -0.497 e. The second-order valence-corrected chi connectivity index (χ2v) is 15.3. The van der Waals surface area contributed by atoms with Crippen molar-refractivity contribution in [1.82, 2.24) is 9.29 Å². The number of carbonyl (C=O) groups excluding carboxylic acids is 1. The van der Waals surface area contributed by atoms with Gasteiger partial charge in [-0.3, -0.25) is 4.79 Å². The van der Waals surface area contributed by atoms with Crippen LogP contribution >= 0.6 is 11.3 Å². The summed E-state index contributed by atoms with van der Waals surface area (Å²) >= 11 is 1.62. The number of aliphatic hydroxyl groups excluding tert-OH is 1. The van der Waals surface area contributed by atoms with E-state index in [1.165, 1.54) is 24.8 Å². The number of amides is 1. The molecule has 2 unspecified atom stereocenters. The molecule has 3 heterocycles. The number of para-hydroxylation sites is 1. The Hall–Kier alpha value is -5.05. The number of hydrogen-bond donors (Lipinski definition) is 2. The Morgan fingerprint density at radius 1 is 1.04 bits per heavy atom. The first-order valence-corrected chi connectivity index (χ1v) is 19.0. The topological polar surface area (TPSA) is 140 Å². The van der Waals surface area contributed by atoms with Crippen LogP contribution in [0.3, 0.4) is 0 Å². The first kappa shape index (κ1) is 35.4. The summed E-state index contributed by atoms with van der Waals surface area (Å²) < 4.78 is 52.3. The molecule has 7 rings (SSSR count). The van der Waals surface area contributed by atoms with E-state index < -0.39 is 22.2 Å². The average Bonchev–Trinajstić information content (AvgIpc) is 3.79. The highest BCUT2D eigenvalue weighted by Gasteiger charge is 2.31. The number of fused-ring (bicyclic) bond motifs is 2. The summed E-state index contributed by atoms with van der Waals surface area (Å²) in [7, 11) is -2.45. The predicted molar refractivity (Wildman–Crippen MR) is 200 cm³/mol. The van der Waals surface area contributed by atoms with Crippen molar-refractivity contribution in [2.75, 3.05) is 38.7 Å². The summed E-state index contributed by atoms with van der Waals surface area (Å²) in [6.45, 7) is 1.44. The lowest BCUT2D eigenvalue weighted by Gasteiger charge is -2.30. The summed E-state index contributed by atoms with van der Waals surface area (Å²) in [6.07, 6.45) is 2.91. The Bertz CT molecular complexity index is 2330. The maximum Gasteiger partial charge on any atom is 0.290 e. The summed E-state index contributed by atoms with van der Waals surface area (Å²) in [5.41, 5.74) is 5.23. The smallest absolute Gasteiger partial charge is 0.290 e. The number of sulfonamides is 1. The predicted octanol–water partition coefficient (Wildman–Crippen LogP) is 7.08. The first-order chi connectivity index (χ1) is 25.2. The second-order valence-electron chi connectivity index (χ2n) is 12.3. The minimum absolute atomic E-state index is 0.0550. The molecule has 0 saturated carbocycles. The molecule has 13 heteroatoms. The van der Waals surface area contributed by atoms with Gasteiger partial charge in [0, 0.05) is 47.6 Å². The monoisotopic (exact) mass is 739 g/mol. The van der Waals surface area contributed by atoms with E-state index in [2.05, 4.69) is 18.3 Å². The van der Waals surface area contributed by atoms with Crippen molar-refractivity contribution in [3.63, 3.8) is 0 Å². The van der Waals surface area contributed by atoms with Crippen LogP contribution in [0.25, 0.3) is 31.8 Å². The SMILES string of the molecule is COc1ccc(S(=O)(=O)N(CCO)CCOC2CC(c3coc4ccccc34)C=C(C(=O)Nc3ccc(-c4nc5ccc(C)cc5s4)cc3)O2)cc1. The molecule has 1 aliphatic rings. The molecule has 0 radical (unpaired) electrons. The van der Waals surface area contributed by atoms with Crippen LogP contribution in [0.5, 0.6) is 5.75 Å². The number of nitrogens with zero attached hydrogens (tertiary/aromatic N) is 2. The fourth-order valence-corrected chi connectivity index (χ4v) is 8.60. The lowest BCUT2D eigenvalue weighted by atomic mass is 9.92. The van der Waals surface area contributed by atoms with Crippen LogP contribution in [-0.4, -0.2) is 68.4 Å². The van der Waals surface area contributed by atoms with Crippen molar-refractivity contribution in [3.05, 3.63) is 120 Å². The van der Waals surface area contributed by atoms with Gasteiger partial charge in [-0.05, 0) is 85.3 Å². The lowest BCUT2D eigenvalue weighted by molar-refractivity contribution is -0.143. The number of hydrogen-bond acceptors (Lipinski definition) is 10. The molecule has 1 aliphatic heterocycles. The van der Waals surface area contributed by atoms with E-state index in [9.17, 15) is 18.3 Å². The van der Waals surface area contributed by atoms with Crippen LogP contribution in [0.2, 0.25) is 0 Å². The minimum atomic E-state index is -3.94. The number of furan rings is 1. The molecule has 0 bridgehead atoms. The van der Waals surface area contributed by atoms with Gasteiger partial charge in [0.15, 0.2) is 5.76 Å². The molecule has 52 heavy (non-hydrogen) atoms. The van der Waals surface area contributed by atoms with Crippen molar-refractivity contribution < 1.29 is 36.9 Å². The Kier molecular flexibility index (Phi) is 10.4. The number of allylic oxidation sites excluding steroid dienone is 1. The van der Waals surface area contributed by atoms with E-state index in [4.69, 9.17) is 23.6 Å². The molecule has 2 N–H and O–H groups in total. The number of carbonyl (C=O) groups is 1. The third-order valence-electron chi connectivity index (χ3n) is 8.82. The largest absolute Gasteiger partial charge is 0.497 e. The van der Waals surface area contributed by atoms with Crippen molar-refractivity contribution in [2.24, 2.45) is 0 Å². The quantitative estimate of drug-likeness (QED) is 0.127. The highest BCUT2D eigenvalue weighted by atomic mass is 32.2. The zero-order valence-electron chi connectivity index (χ0n) is 28.5. The number of ether oxygens (including phenoxy) is 3. The number of rotatable bonds is 13. The van der Waals surface area contributed by atoms with Crippen molar-refractivity contribution >= 4 is 54.1 Å². The van der Waals surface area contributed by atoms with Gasteiger partial charge in [-0.1, -0.05) is 24.3 Å². The zero-order chi connectivity index (χ0) is 36.2. The Morgan fingerprint density at radius 3 is 2.60 bits per heavy atom. The third-order valence-corrected chi connectivity index (χ3v) is 11.8. The van der Waals surface area contributed by atoms with Crippen LogP contribution in [-0.2, 0) is 24.3 Å². The van der Waals surface area contributed by atoms with E-state index in [0.29, 0.717) is 23.4 Å². The lowest BCUT2D eigenvalue weighted by Crippen LogP contribution is -2.37. The van der Waals surface area contributed by atoms with E-state index in [-0.39, 0.29) is 42.9 Å². The molecule has 4 aromatic carbocycles. The number of anilines is 1. The number of nitrogens with one attached hydrogen (secondary N) is 1. The Morgan fingerprint density at radius 2 is 1.83 bits per heavy atom. The van der Waals surface area contributed by atoms with Crippen LogP contribution in [0.4, 0.5) is 5.69 Å². The highest BCUT2D eigenvalue weighted by Crippen LogP contribution is 2.37. The average molecular weight is 740 g/mol. The fraction of sp³-hybridized carbons (Fsp3) is 0.231. The van der Waals surface area contributed by atoms with E-state index in [0.717, 1.165) is 36.0 Å². The van der Waals surface area contributed by atoms with E-state index >= 15 is 0 Å². The van der Waals surface area contributed by atoms with Crippen molar-refractivity contribution in [3.8, 4) is 16.3 Å². The molecule has 0 aliphatic carbocycles. The molecular weight excluding hydrogens is 703 g/mol. The van der Waals surface area contributed by atoms with Gasteiger partial charge in [0.2, 0.25) is 16.3 Å². The Balaban J connectivity index is 1.07. The van der Waals surface area contributed by atoms with Crippen LogP contribution in [0, 0.1) is 6.92 Å². The number of aryl methyl sites for hydroxylation is 1. The first-order valence-electron chi connectivity index (χ1n) is 16.7. The molecule has 6 aromatic rings. The fourth-order valence-electron chi connectivity index (χ4n) is 6.11. The van der Waals surface area contributed by atoms with E-state index in [1.54, 1.807) is 35.8 Å². The number of thiazole rings is 1. The van der Waals surface area contributed by atoms with Crippen molar-refractivity contribution in [1.29, 1.82) is 0 Å². The standard InChI is InChI=1S/C39H37N3O8S2/c1-25-7-16-33-36(21-25)51-39(41-33)26-8-10-28(11-9-26)40-38(44)35-22-27(32-24-49-34-6-4-3-5-31(32)34)23-37(50-35)48-20-18-42(17-19-43)52(45,46)30-14-12-29(47-2)13-15-30/h3-16,21-22,24,27,37,43H,17-20,23H2,1-2H3,(H,40,44). The molecule has 0 spiro atoms. The van der Waals surface area contributed by atoms with Gasteiger partial charge in [0.25, 0.3) is 5.91 Å². The summed E-state index contributed by atoms with van der Waals surface area (Å²) in [6, 6.07) is 27.3. The van der Waals surface area contributed by atoms with Gasteiger partial charge in [0.05, 0.1) is 41.7 Å². The molecule has 2 atom stereocenters. The zero-order valence-corrected chi connectivity index (χ0v) is 30.2. The molecule has 0 fully saturated rings. The van der Waals surface area contributed by atoms with Gasteiger partial charge < -0.3 is 29.1 Å². The van der Waals surface area contributed by atoms with Gasteiger partial charge in [0.1, 0.15) is 16.3 Å². The number of benzene rings is 4. The van der Waals surface area contributed by atoms with Crippen molar-refractivity contribution in [2.45, 2.75) is 30.4 Å². The van der Waals surface area contributed by atoms with E-state index in [1.807, 2.05) is 60.7 Å². The summed E-state index contributed by atoms with van der Waals surface area (Å²) in [4.78, 5) is 18.5.